The van der Waals surface area contributed by atoms with Crippen molar-refractivity contribution in [2.45, 2.75) is 32.7 Å². The number of aromatic nitrogens is 2. The number of carbonyl (C=O) groups is 1. The summed E-state index contributed by atoms with van der Waals surface area (Å²) in [5.41, 5.74) is -0.562. The SMILES string of the molecule is CC1(C(=O)O)CCCN(CCCn2ccnc2)C1. The van der Waals surface area contributed by atoms with Crippen molar-refractivity contribution in [2.24, 2.45) is 5.41 Å². The lowest BCUT2D eigenvalue weighted by Crippen LogP contribution is -2.46. The summed E-state index contributed by atoms with van der Waals surface area (Å²) < 4.78 is 2.06. The van der Waals surface area contributed by atoms with Crippen LogP contribution in [-0.2, 0) is 11.3 Å². The maximum Gasteiger partial charge on any atom is 0.310 e. The second-order valence-electron chi connectivity index (χ2n) is 5.40. The molecule has 1 aromatic heterocycles. The van der Waals surface area contributed by atoms with Crippen molar-refractivity contribution >= 4 is 5.97 Å². The number of nitrogens with zero attached hydrogens (tertiary/aromatic N) is 3. The molecule has 0 saturated carbocycles. The summed E-state index contributed by atoms with van der Waals surface area (Å²) in [4.78, 5) is 17.5. The molecule has 0 aromatic carbocycles. The Morgan fingerprint density at radius 2 is 2.33 bits per heavy atom. The van der Waals surface area contributed by atoms with Crippen molar-refractivity contribution in [1.82, 2.24) is 14.5 Å². The smallest absolute Gasteiger partial charge is 0.310 e. The molecular formula is C13H21N3O2. The van der Waals surface area contributed by atoms with Gasteiger partial charge in [-0.25, -0.2) is 4.98 Å². The van der Waals surface area contributed by atoms with Crippen LogP contribution in [0.2, 0.25) is 0 Å². The molecular weight excluding hydrogens is 230 g/mol. The Balaban J connectivity index is 1.78. The fourth-order valence-electron chi connectivity index (χ4n) is 2.61. The van der Waals surface area contributed by atoms with E-state index in [-0.39, 0.29) is 0 Å². The van der Waals surface area contributed by atoms with Gasteiger partial charge in [-0.15, -0.1) is 0 Å². The second-order valence-corrected chi connectivity index (χ2v) is 5.40. The Morgan fingerprint density at radius 3 is 3.00 bits per heavy atom. The van der Waals surface area contributed by atoms with E-state index in [0.717, 1.165) is 38.9 Å². The first-order chi connectivity index (χ1) is 8.60. The maximum absolute atomic E-state index is 11.2. The highest BCUT2D eigenvalue weighted by Gasteiger charge is 2.37. The molecule has 1 atom stereocenters. The number of aliphatic carboxylic acids is 1. The lowest BCUT2D eigenvalue weighted by Gasteiger charge is -2.37. The van der Waals surface area contributed by atoms with Crippen LogP contribution in [0.25, 0.3) is 0 Å². The highest BCUT2D eigenvalue weighted by Crippen LogP contribution is 2.29. The van der Waals surface area contributed by atoms with Gasteiger partial charge in [-0.3, -0.25) is 4.79 Å². The lowest BCUT2D eigenvalue weighted by molar-refractivity contribution is -0.151. The van der Waals surface area contributed by atoms with E-state index in [1.54, 1.807) is 6.20 Å². The van der Waals surface area contributed by atoms with Gasteiger partial charge >= 0.3 is 5.97 Å². The van der Waals surface area contributed by atoms with Crippen molar-refractivity contribution < 1.29 is 9.90 Å². The molecule has 100 valence electrons. The summed E-state index contributed by atoms with van der Waals surface area (Å²) >= 11 is 0. The van der Waals surface area contributed by atoms with E-state index in [4.69, 9.17) is 0 Å². The Morgan fingerprint density at radius 1 is 1.50 bits per heavy atom. The average molecular weight is 251 g/mol. The molecule has 0 radical (unpaired) electrons. The van der Waals surface area contributed by atoms with Crippen molar-refractivity contribution in [2.75, 3.05) is 19.6 Å². The van der Waals surface area contributed by atoms with Gasteiger partial charge in [-0.1, -0.05) is 0 Å². The van der Waals surface area contributed by atoms with Gasteiger partial charge in [-0.05, 0) is 39.3 Å². The normalized spacial score (nSPS) is 25.2. The van der Waals surface area contributed by atoms with Gasteiger partial charge in [0.25, 0.3) is 0 Å². The number of likely N-dealkylation sites (tertiary alicyclic amines) is 1. The average Bonchev–Trinajstić information content (AvgIpc) is 2.82. The van der Waals surface area contributed by atoms with E-state index in [1.807, 2.05) is 19.4 Å². The topological polar surface area (TPSA) is 58.4 Å². The van der Waals surface area contributed by atoms with Gasteiger partial charge in [0.15, 0.2) is 0 Å². The molecule has 2 heterocycles. The second kappa shape index (κ2) is 5.52. The lowest BCUT2D eigenvalue weighted by atomic mass is 9.82. The molecule has 5 nitrogen and oxygen atoms in total. The summed E-state index contributed by atoms with van der Waals surface area (Å²) in [5.74, 6) is -0.665. The van der Waals surface area contributed by atoms with Gasteiger partial charge in [-0.2, -0.15) is 0 Å². The molecule has 1 saturated heterocycles. The minimum atomic E-state index is -0.665. The largest absolute Gasteiger partial charge is 0.481 e. The first-order valence-corrected chi connectivity index (χ1v) is 6.52. The standard InChI is InChI=1S/C13H21N3O2/c1-13(12(17)18)4-2-6-15(10-13)7-3-8-16-9-5-14-11-16/h5,9,11H,2-4,6-8,10H2,1H3,(H,17,18). The van der Waals surface area contributed by atoms with E-state index in [0.29, 0.717) is 6.54 Å². The quantitative estimate of drug-likeness (QED) is 0.860. The monoisotopic (exact) mass is 251 g/mol. The summed E-state index contributed by atoms with van der Waals surface area (Å²) in [6, 6.07) is 0. The first kappa shape index (κ1) is 13.1. The van der Waals surface area contributed by atoms with Crippen LogP contribution in [0, 0.1) is 5.41 Å². The zero-order chi connectivity index (χ0) is 13.0. The Labute approximate surface area is 107 Å². The molecule has 0 bridgehead atoms. The number of aryl methyl sites for hydroxylation is 1. The molecule has 2 rings (SSSR count). The highest BCUT2D eigenvalue weighted by molar-refractivity contribution is 5.74. The van der Waals surface area contributed by atoms with Crippen LogP contribution in [0.1, 0.15) is 26.2 Å². The van der Waals surface area contributed by atoms with E-state index < -0.39 is 11.4 Å². The first-order valence-electron chi connectivity index (χ1n) is 6.52. The summed E-state index contributed by atoms with van der Waals surface area (Å²) in [6.07, 6.45) is 8.36. The fraction of sp³-hybridized carbons (Fsp3) is 0.692. The fourth-order valence-corrected chi connectivity index (χ4v) is 2.61. The minimum absolute atomic E-state index is 0.562. The zero-order valence-electron chi connectivity index (χ0n) is 10.9. The molecule has 0 spiro atoms. The molecule has 0 amide bonds. The number of carboxylic acids is 1. The molecule has 1 aliphatic heterocycles. The molecule has 0 aliphatic carbocycles. The summed E-state index contributed by atoms with van der Waals surface area (Å²) in [5, 5.41) is 9.25. The Bertz CT molecular complexity index is 391. The number of imidazole rings is 1. The number of rotatable bonds is 5. The van der Waals surface area contributed by atoms with Crippen LogP contribution in [0.15, 0.2) is 18.7 Å². The van der Waals surface area contributed by atoms with Crippen LogP contribution in [0.5, 0.6) is 0 Å². The highest BCUT2D eigenvalue weighted by atomic mass is 16.4. The zero-order valence-corrected chi connectivity index (χ0v) is 10.9. The third kappa shape index (κ3) is 3.10. The van der Waals surface area contributed by atoms with E-state index in [1.165, 1.54) is 0 Å². The van der Waals surface area contributed by atoms with E-state index in [2.05, 4.69) is 14.5 Å². The Kier molecular flexibility index (Phi) is 4.01. The number of piperidine rings is 1. The van der Waals surface area contributed by atoms with E-state index in [9.17, 15) is 9.90 Å². The number of hydrogen-bond donors (Lipinski definition) is 1. The van der Waals surface area contributed by atoms with Crippen LogP contribution in [0.3, 0.4) is 0 Å². The predicted octanol–water partition coefficient (Wildman–Crippen LogP) is 1.46. The summed E-state index contributed by atoms with van der Waals surface area (Å²) in [6.45, 7) is 5.46. The molecule has 1 aliphatic rings. The van der Waals surface area contributed by atoms with Crippen LogP contribution >= 0.6 is 0 Å². The van der Waals surface area contributed by atoms with Crippen LogP contribution in [-0.4, -0.2) is 45.2 Å². The van der Waals surface area contributed by atoms with Gasteiger partial charge < -0.3 is 14.6 Å². The van der Waals surface area contributed by atoms with Gasteiger partial charge in [0.05, 0.1) is 11.7 Å². The molecule has 18 heavy (non-hydrogen) atoms. The van der Waals surface area contributed by atoms with Crippen LogP contribution in [0.4, 0.5) is 0 Å². The maximum atomic E-state index is 11.2. The molecule has 1 N–H and O–H groups in total. The number of carboxylic acid groups (broad SMARTS) is 1. The van der Waals surface area contributed by atoms with Crippen molar-refractivity contribution in [1.29, 1.82) is 0 Å². The molecule has 1 aromatic rings. The van der Waals surface area contributed by atoms with Crippen molar-refractivity contribution in [3.8, 4) is 0 Å². The predicted molar refractivity (Wildman–Crippen MR) is 68.3 cm³/mol. The third-order valence-corrected chi connectivity index (χ3v) is 3.74. The Hall–Kier alpha value is -1.36. The minimum Gasteiger partial charge on any atom is -0.481 e. The third-order valence-electron chi connectivity index (χ3n) is 3.74. The van der Waals surface area contributed by atoms with Crippen molar-refractivity contribution in [3.05, 3.63) is 18.7 Å². The van der Waals surface area contributed by atoms with Gasteiger partial charge in [0.2, 0.25) is 0 Å². The molecule has 1 fully saturated rings. The molecule has 1 unspecified atom stereocenters. The van der Waals surface area contributed by atoms with Gasteiger partial charge in [0, 0.05) is 25.5 Å². The summed E-state index contributed by atoms with van der Waals surface area (Å²) in [7, 11) is 0. The van der Waals surface area contributed by atoms with Gasteiger partial charge in [0.1, 0.15) is 0 Å². The molecule has 5 heteroatoms. The van der Waals surface area contributed by atoms with Crippen LogP contribution < -0.4 is 0 Å². The number of hydrogen-bond acceptors (Lipinski definition) is 3. The van der Waals surface area contributed by atoms with Crippen molar-refractivity contribution in [3.63, 3.8) is 0 Å². The van der Waals surface area contributed by atoms with E-state index >= 15 is 0 Å².